The molecule has 0 aliphatic heterocycles. The van der Waals surface area contributed by atoms with Crippen molar-refractivity contribution in [2.45, 2.75) is 19.9 Å². The number of rotatable bonds is 6. The van der Waals surface area contributed by atoms with Crippen LogP contribution in [0.25, 0.3) is 10.9 Å². The van der Waals surface area contributed by atoms with Gasteiger partial charge in [-0.3, -0.25) is 0 Å². The molecule has 0 saturated heterocycles. The SMILES string of the molecule is COC(=O)c1ccc(OCCCn2ccc3cc(C)ccc32)cc1. The van der Waals surface area contributed by atoms with Gasteiger partial charge in [-0.1, -0.05) is 11.6 Å². The van der Waals surface area contributed by atoms with E-state index in [0.717, 1.165) is 18.7 Å². The van der Waals surface area contributed by atoms with Crippen LogP contribution in [0.2, 0.25) is 0 Å². The predicted molar refractivity (Wildman–Crippen MR) is 94.6 cm³/mol. The minimum atomic E-state index is -0.337. The Labute approximate surface area is 141 Å². The van der Waals surface area contributed by atoms with Crippen LogP contribution >= 0.6 is 0 Å². The van der Waals surface area contributed by atoms with Crippen LogP contribution in [-0.4, -0.2) is 24.3 Å². The van der Waals surface area contributed by atoms with Gasteiger partial charge in [0.2, 0.25) is 0 Å². The first-order valence-electron chi connectivity index (χ1n) is 8.04. The Hall–Kier alpha value is -2.75. The van der Waals surface area contributed by atoms with Gasteiger partial charge in [-0.05, 0) is 61.2 Å². The van der Waals surface area contributed by atoms with Gasteiger partial charge in [-0.2, -0.15) is 0 Å². The fourth-order valence-electron chi connectivity index (χ4n) is 2.74. The van der Waals surface area contributed by atoms with E-state index in [-0.39, 0.29) is 5.97 Å². The Balaban J connectivity index is 1.52. The first kappa shape index (κ1) is 16.1. The molecule has 3 aromatic rings. The van der Waals surface area contributed by atoms with Gasteiger partial charge in [-0.15, -0.1) is 0 Å². The molecule has 0 unspecified atom stereocenters. The molecule has 0 fully saturated rings. The van der Waals surface area contributed by atoms with E-state index < -0.39 is 0 Å². The van der Waals surface area contributed by atoms with Crippen molar-refractivity contribution in [3.05, 3.63) is 65.9 Å². The highest BCUT2D eigenvalue weighted by Crippen LogP contribution is 2.18. The summed E-state index contributed by atoms with van der Waals surface area (Å²) in [4.78, 5) is 11.4. The van der Waals surface area contributed by atoms with Crippen molar-refractivity contribution >= 4 is 16.9 Å². The van der Waals surface area contributed by atoms with Crippen molar-refractivity contribution in [2.75, 3.05) is 13.7 Å². The molecule has 0 aliphatic rings. The van der Waals surface area contributed by atoms with Crippen molar-refractivity contribution in [2.24, 2.45) is 0 Å². The number of aryl methyl sites for hydroxylation is 2. The molecule has 4 heteroatoms. The summed E-state index contributed by atoms with van der Waals surface area (Å²) < 4.78 is 12.7. The monoisotopic (exact) mass is 323 g/mol. The van der Waals surface area contributed by atoms with Crippen LogP contribution in [0.5, 0.6) is 5.75 Å². The minimum Gasteiger partial charge on any atom is -0.494 e. The summed E-state index contributed by atoms with van der Waals surface area (Å²) in [6.45, 7) is 3.64. The third-order valence-electron chi connectivity index (χ3n) is 4.01. The molecule has 3 rings (SSSR count). The fourth-order valence-corrected chi connectivity index (χ4v) is 2.74. The Morgan fingerprint density at radius 3 is 2.62 bits per heavy atom. The molecule has 2 aromatic carbocycles. The maximum absolute atomic E-state index is 11.4. The van der Waals surface area contributed by atoms with Gasteiger partial charge in [0.25, 0.3) is 0 Å². The molecule has 4 nitrogen and oxygen atoms in total. The highest BCUT2D eigenvalue weighted by Gasteiger charge is 2.05. The van der Waals surface area contributed by atoms with Gasteiger partial charge >= 0.3 is 5.97 Å². The Bertz CT molecular complexity index is 834. The number of methoxy groups -OCH3 is 1. The van der Waals surface area contributed by atoms with E-state index in [0.29, 0.717) is 12.2 Å². The third kappa shape index (κ3) is 3.59. The summed E-state index contributed by atoms with van der Waals surface area (Å²) in [6.07, 6.45) is 3.03. The van der Waals surface area contributed by atoms with E-state index in [2.05, 4.69) is 46.7 Å². The number of esters is 1. The number of carbonyl (C=O) groups excluding carboxylic acids is 1. The largest absolute Gasteiger partial charge is 0.494 e. The molecule has 0 aliphatic carbocycles. The summed E-state index contributed by atoms with van der Waals surface area (Å²) in [5.41, 5.74) is 3.06. The second kappa shape index (κ2) is 7.21. The van der Waals surface area contributed by atoms with Crippen LogP contribution in [0.4, 0.5) is 0 Å². The normalized spacial score (nSPS) is 10.8. The number of hydrogen-bond acceptors (Lipinski definition) is 3. The molecule has 0 saturated carbocycles. The Morgan fingerprint density at radius 2 is 1.88 bits per heavy atom. The van der Waals surface area contributed by atoms with Crippen LogP contribution in [0.1, 0.15) is 22.3 Å². The number of hydrogen-bond donors (Lipinski definition) is 0. The predicted octanol–water partition coefficient (Wildman–Crippen LogP) is 4.21. The molecule has 0 amide bonds. The quantitative estimate of drug-likeness (QED) is 0.504. The van der Waals surface area contributed by atoms with Crippen LogP contribution in [0.15, 0.2) is 54.7 Å². The van der Waals surface area contributed by atoms with E-state index in [1.807, 2.05) is 0 Å². The molecule has 1 aromatic heterocycles. The Kier molecular flexibility index (Phi) is 4.85. The number of fused-ring (bicyclic) bond motifs is 1. The molecule has 24 heavy (non-hydrogen) atoms. The summed E-state index contributed by atoms with van der Waals surface area (Å²) in [5.74, 6) is 0.423. The average Bonchev–Trinajstić information content (AvgIpc) is 3.00. The van der Waals surface area contributed by atoms with E-state index >= 15 is 0 Å². The topological polar surface area (TPSA) is 40.5 Å². The van der Waals surface area contributed by atoms with Crippen molar-refractivity contribution in [3.63, 3.8) is 0 Å². The van der Waals surface area contributed by atoms with Gasteiger partial charge in [0.05, 0.1) is 19.3 Å². The van der Waals surface area contributed by atoms with Crippen LogP contribution < -0.4 is 4.74 Å². The number of nitrogens with zero attached hydrogens (tertiary/aromatic N) is 1. The summed E-state index contributed by atoms with van der Waals surface area (Å²) >= 11 is 0. The van der Waals surface area contributed by atoms with Crippen molar-refractivity contribution < 1.29 is 14.3 Å². The fraction of sp³-hybridized carbons (Fsp3) is 0.250. The van der Waals surface area contributed by atoms with E-state index in [1.165, 1.54) is 23.6 Å². The number of ether oxygens (including phenoxy) is 2. The second-order valence-corrected chi connectivity index (χ2v) is 5.79. The summed E-state index contributed by atoms with van der Waals surface area (Å²) in [6, 6.07) is 15.7. The first-order valence-corrected chi connectivity index (χ1v) is 8.04. The number of benzene rings is 2. The van der Waals surface area contributed by atoms with E-state index in [4.69, 9.17) is 4.74 Å². The summed E-state index contributed by atoms with van der Waals surface area (Å²) in [5, 5.41) is 1.27. The molecule has 124 valence electrons. The highest BCUT2D eigenvalue weighted by molar-refractivity contribution is 5.89. The van der Waals surface area contributed by atoms with Crippen LogP contribution in [0.3, 0.4) is 0 Å². The lowest BCUT2D eigenvalue weighted by atomic mass is 10.2. The van der Waals surface area contributed by atoms with Crippen molar-refractivity contribution in [1.82, 2.24) is 4.57 Å². The minimum absolute atomic E-state index is 0.337. The first-order chi connectivity index (χ1) is 11.7. The van der Waals surface area contributed by atoms with Crippen molar-refractivity contribution in [1.29, 1.82) is 0 Å². The van der Waals surface area contributed by atoms with E-state index in [1.54, 1.807) is 24.3 Å². The molecule has 0 radical (unpaired) electrons. The third-order valence-corrected chi connectivity index (χ3v) is 4.01. The maximum Gasteiger partial charge on any atom is 0.337 e. The summed E-state index contributed by atoms with van der Waals surface area (Å²) in [7, 11) is 1.37. The lowest BCUT2D eigenvalue weighted by molar-refractivity contribution is 0.0600. The lowest BCUT2D eigenvalue weighted by Gasteiger charge is -2.08. The molecule has 0 spiro atoms. The van der Waals surface area contributed by atoms with Gasteiger partial charge < -0.3 is 14.0 Å². The van der Waals surface area contributed by atoms with Gasteiger partial charge in [0, 0.05) is 18.3 Å². The lowest BCUT2D eigenvalue weighted by Crippen LogP contribution is -2.04. The van der Waals surface area contributed by atoms with Gasteiger partial charge in [0.15, 0.2) is 0 Å². The molecule has 0 N–H and O–H groups in total. The maximum atomic E-state index is 11.4. The molecule has 0 bridgehead atoms. The molecular formula is C20H21NO3. The Morgan fingerprint density at radius 1 is 1.08 bits per heavy atom. The smallest absolute Gasteiger partial charge is 0.337 e. The standard InChI is InChI=1S/C20H21NO3/c1-15-4-9-19-17(14-15)10-12-21(19)11-3-13-24-18-7-5-16(6-8-18)20(22)23-2/h4-10,12,14H,3,11,13H2,1-2H3. The van der Waals surface area contributed by atoms with Crippen LogP contribution in [0, 0.1) is 6.92 Å². The zero-order valence-corrected chi connectivity index (χ0v) is 14.0. The van der Waals surface area contributed by atoms with Gasteiger partial charge in [-0.25, -0.2) is 4.79 Å². The zero-order valence-electron chi connectivity index (χ0n) is 14.0. The molecular weight excluding hydrogens is 302 g/mol. The number of carbonyl (C=O) groups is 1. The van der Waals surface area contributed by atoms with E-state index in [9.17, 15) is 4.79 Å². The molecule has 1 heterocycles. The second-order valence-electron chi connectivity index (χ2n) is 5.79. The van der Waals surface area contributed by atoms with Crippen LogP contribution in [-0.2, 0) is 11.3 Å². The van der Waals surface area contributed by atoms with Gasteiger partial charge in [0.1, 0.15) is 5.75 Å². The molecule has 0 atom stereocenters. The number of aromatic nitrogens is 1. The zero-order chi connectivity index (χ0) is 16.9. The average molecular weight is 323 g/mol. The van der Waals surface area contributed by atoms with Crippen molar-refractivity contribution in [3.8, 4) is 5.75 Å². The highest BCUT2D eigenvalue weighted by atomic mass is 16.5.